The normalized spacial score (nSPS) is 37.5. The molecule has 1 rings (SSSR count). The van der Waals surface area contributed by atoms with Gasteiger partial charge in [-0.05, 0) is 6.92 Å². The van der Waals surface area contributed by atoms with Crippen molar-refractivity contribution >= 4 is 0 Å². The van der Waals surface area contributed by atoms with Crippen molar-refractivity contribution in [2.45, 2.75) is 32.4 Å². The van der Waals surface area contributed by atoms with E-state index in [4.69, 9.17) is 4.84 Å². The molecule has 0 aromatic rings. The second-order valence-corrected chi connectivity index (χ2v) is 2.29. The predicted octanol–water partition coefficient (Wildman–Crippen LogP) is 0.878. The van der Waals surface area contributed by atoms with E-state index in [0.717, 1.165) is 6.42 Å². The first kappa shape index (κ1) is 5.54. The maximum absolute atomic E-state index is 10.5. The average Bonchev–Trinajstić information content (AvgIpc) is 1.85. The second kappa shape index (κ2) is 1.73. The first-order valence-electron chi connectivity index (χ1n) is 2.83. The van der Waals surface area contributed by atoms with Crippen LogP contribution >= 0.6 is 0 Å². The number of nitrogens with zero attached hydrogens (tertiary/aromatic N) is 1. The van der Waals surface area contributed by atoms with Crippen molar-refractivity contribution in [1.82, 2.24) is 0 Å². The fraction of sp³-hybridized carbons (Fsp3) is 1.00. The minimum Gasteiger partial charge on any atom is -0.229 e. The Bertz CT molecular complexity index is 113. The monoisotopic (exact) mass is 116 g/mol. The molecule has 0 amide bonds. The summed E-state index contributed by atoms with van der Waals surface area (Å²) < 4.78 is 0. The van der Waals surface area contributed by atoms with E-state index in [-0.39, 0.29) is 12.1 Å². The lowest BCUT2D eigenvalue weighted by Gasteiger charge is -1.84. The van der Waals surface area contributed by atoms with Gasteiger partial charge in [-0.2, -0.15) is 0 Å². The van der Waals surface area contributed by atoms with Gasteiger partial charge in [-0.3, -0.25) is 0 Å². The minimum absolute atomic E-state index is 0.0463. The molecule has 1 aliphatic heterocycles. The molecule has 3 heteroatoms. The van der Waals surface area contributed by atoms with E-state index in [0.29, 0.717) is 4.92 Å². The lowest BCUT2D eigenvalue weighted by Crippen LogP contribution is -2.09. The van der Waals surface area contributed by atoms with E-state index >= 15 is 0 Å². The van der Waals surface area contributed by atoms with Gasteiger partial charge in [-0.25, -0.2) is 4.84 Å². The first-order chi connectivity index (χ1) is 3.70. The fourth-order valence-electron chi connectivity index (χ4n) is 0.891. The largest absolute Gasteiger partial charge is 0.258 e. The average molecular weight is 116 g/mol. The van der Waals surface area contributed by atoms with Crippen molar-refractivity contribution < 1.29 is 9.76 Å². The SMILES string of the molecule is CC1CC(C)[N+](=O)O1. The van der Waals surface area contributed by atoms with E-state index < -0.39 is 0 Å². The maximum Gasteiger partial charge on any atom is 0.258 e. The Kier molecular flexibility index (Phi) is 1.19. The van der Waals surface area contributed by atoms with Gasteiger partial charge in [0.2, 0.25) is 4.92 Å². The van der Waals surface area contributed by atoms with Crippen molar-refractivity contribution in [3.8, 4) is 0 Å². The highest BCUT2D eigenvalue weighted by molar-refractivity contribution is 4.57. The van der Waals surface area contributed by atoms with Crippen LogP contribution in [0.4, 0.5) is 0 Å². The van der Waals surface area contributed by atoms with Crippen LogP contribution in [-0.4, -0.2) is 17.1 Å². The first-order valence-corrected chi connectivity index (χ1v) is 2.83. The van der Waals surface area contributed by atoms with Gasteiger partial charge in [0.05, 0.1) is 11.3 Å². The molecule has 0 bridgehead atoms. The fourth-order valence-corrected chi connectivity index (χ4v) is 0.891. The minimum atomic E-state index is 0.0463. The van der Waals surface area contributed by atoms with E-state index in [1.807, 2.05) is 13.8 Å². The Morgan fingerprint density at radius 1 is 1.62 bits per heavy atom. The Morgan fingerprint density at radius 2 is 2.25 bits per heavy atom. The number of rotatable bonds is 0. The Hall–Kier alpha value is -0.600. The smallest absolute Gasteiger partial charge is 0.229 e. The zero-order chi connectivity index (χ0) is 6.15. The summed E-state index contributed by atoms with van der Waals surface area (Å²) in [5.74, 6) is 0. The van der Waals surface area contributed by atoms with Gasteiger partial charge in [-0.1, -0.05) is 0 Å². The van der Waals surface area contributed by atoms with E-state index in [9.17, 15) is 4.91 Å². The zero-order valence-corrected chi connectivity index (χ0v) is 5.13. The molecule has 0 spiro atoms. The van der Waals surface area contributed by atoms with Crippen LogP contribution in [0.3, 0.4) is 0 Å². The van der Waals surface area contributed by atoms with Gasteiger partial charge in [-0.15, -0.1) is 0 Å². The van der Waals surface area contributed by atoms with Crippen molar-refractivity contribution in [3.63, 3.8) is 0 Å². The molecule has 8 heavy (non-hydrogen) atoms. The molecule has 0 aromatic carbocycles. The molecule has 2 unspecified atom stereocenters. The van der Waals surface area contributed by atoms with E-state index in [1.54, 1.807) is 0 Å². The van der Waals surface area contributed by atoms with Gasteiger partial charge in [0.15, 0.2) is 6.10 Å². The van der Waals surface area contributed by atoms with Crippen molar-refractivity contribution in [1.29, 1.82) is 0 Å². The molecule has 0 radical (unpaired) electrons. The van der Waals surface area contributed by atoms with Crippen molar-refractivity contribution in [3.05, 3.63) is 4.91 Å². The summed E-state index contributed by atoms with van der Waals surface area (Å²) in [7, 11) is 0. The lowest BCUT2D eigenvalue weighted by molar-refractivity contribution is -0.805. The molecule has 3 nitrogen and oxygen atoms in total. The van der Waals surface area contributed by atoms with Gasteiger partial charge in [0, 0.05) is 6.92 Å². The van der Waals surface area contributed by atoms with E-state index in [1.165, 1.54) is 0 Å². The second-order valence-electron chi connectivity index (χ2n) is 2.29. The third kappa shape index (κ3) is 0.804. The highest BCUT2D eigenvalue weighted by Gasteiger charge is 2.36. The molecule has 1 fully saturated rings. The topological polar surface area (TPSA) is 29.3 Å². The zero-order valence-electron chi connectivity index (χ0n) is 5.13. The Balaban J connectivity index is 2.51. The third-order valence-electron chi connectivity index (χ3n) is 1.32. The van der Waals surface area contributed by atoms with Crippen LogP contribution < -0.4 is 0 Å². The standard InChI is InChI=1S/C5H10NO2/c1-4-3-5(2)8-6(4)7/h4-5H,3H2,1-2H3/q+1. The summed E-state index contributed by atoms with van der Waals surface area (Å²) >= 11 is 0. The molecule has 0 saturated carbocycles. The number of hydrogen-bond donors (Lipinski definition) is 0. The Labute approximate surface area is 48.2 Å². The van der Waals surface area contributed by atoms with Gasteiger partial charge in [0.1, 0.15) is 0 Å². The quantitative estimate of drug-likeness (QED) is 0.470. The van der Waals surface area contributed by atoms with Crippen molar-refractivity contribution in [2.24, 2.45) is 0 Å². The van der Waals surface area contributed by atoms with E-state index in [2.05, 4.69) is 0 Å². The van der Waals surface area contributed by atoms with Crippen LogP contribution in [0, 0.1) is 4.91 Å². The summed E-state index contributed by atoms with van der Waals surface area (Å²) in [5, 5.41) is 0. The molecule has 1 heterocycles. The van der Waals surface area contributed by atoms with Crippen LogP contribution in [-0.2, 0) is 4.84 Å². The van der Waals surface area contributed by atoms with Crippen molar-refractivity contribution in [2.75, 3.05) is 0 Å². The third-order valence-corrected chi connectivity index (χ3v) is 1.32. The molecular weight excluding hydrogens is 106 g/mol. The van der Waals surface area contributed by atoms with Crippen LogP contribution in [0.1, 0.15) is 20.3 Å². The highest BCUT2D eigenvalue weighted by atomic mass is 16.8. The number of hydrogen-bond acceptors (Lipinski definition) is 2. The molecule has 1 aliphatic rings. The lowest BCUT2D eigenvalue weighted by atomic mass is 10.2. The van der Waals surface area contributed by atoms with Crippen LogP contribution in [0.5, 0.6) is 0 Å². The van der Waals surface area contributed by atoms with Gasteiger partial charge < -0.3 is 0 Å². The van der Waals surface area contributed by atoms with Gasteiger partial charge >= 0.3 is 0 Å². The van der Waals surface area contributed by atoms with Crippen LogP contribution in [0.15, 0.2) is 0 Å². The summed E-state index contributed by atoms with van der Waals surface area (Å²) in [5.41, 5.74) is 0. The molecule has 1 saturated heterocycles. The molecule has 0 aliphatic carbocycles. The molecular formula is C5H10NO2+. The molecule has 0 aromatic heterocycles. The summed E-state index contributed by atoms with van der Waals surface area (Å²) in [4.78, 5) is 15.9. The Morgan fingerprint density at radius 3 is 2.38 bits per heavy atom. The summed E-state index contributed by atoms with van der Waals surface area (Å²) in [6.45, 7) is 3.75. The molecule has 46 valence electrons. The maximum atomic E-state index is 10.5. The van der Waals surface area contributed by atoms with Gasteiger partial charge in [0.25, 0.3) is 6.04 Å². The highest BCUT2D eigenvalue weighted by Crippen LogP contribution is 2.13. The molecule has 2 atom stereocenters. The predicted molar refractivity (Wildman–Crippen MR) is 28.3 cm³/mol. The summed E-state index contributed by atoms with van der Waals surface area (Å²) in [6, 6.07) is 0.0463. The molecule has 0 N–H and O–H groups in total. The van der Waals surface area contributed by atoms with Crippen LogP contribution in [0.25, 0.3) is 0 Å². The van der Waals surface area contributed by atoms with Crippen LogP contribution in [0.2, 0.25) is 0 Å². The summed E-state index contributed by atoms with van der Waals surface area (Å²) in [6.07, 6.45) is 0.964.